The Hall–Kier alpha value is 0.0569. The van der Waals surface area contributed by atoms with Gasteiger partial charge in [0, 0.05) is 33.8 Å². The molecule has 5 heteroatoms. The quantitative estimate of drug-likeness (QED) is 0.0481. The van der Waals surface area contributed by atoms with Crippen molar-refractivity contribution in [2.45, 2.75) is 168 Å². The average Bonchev–Trinajstić information content (AvgIpc) is 2.93. The number of nitrogens with zero attached hydrogens (tertiary/aromatic N) is 1. The van der Waals surface area contributed by atoms with Gasteiger partial charge < -0.3 is 17.8 Å². The van der Waals surface area contributed by atoms with Crippen molar-refractivity contribution in [1.82, 2.24) is 0 Å². The molecule has 0 bridgehead atoms. The maximum atomic E-state index is 5.68. The molecular weight excluding hydrogens is 486 g/mol. The molecule has 230 valence electrons. The minimum absolute atomic E-state index is 0.918. The Morgan fingerprint density at radius 1 is 0.395 bits per heavy atom. The Balaban J connectivity index is 4.26. The van der Waals surface area contributed by atoms with Crippen molar-refractivity contribution >= 4 is 8.80 Å². The topological polar surface area (TPSA) is 27.7 Å². The lowest BCUT2D eigenvalue weighted by molar-refractivity contribution is -0.910. The number of quaternary nitrogens is 1. The summed E-state index contributed by atoms with van der Waals surface area (Å²) >= 11 is 0. The highest BCUT2D eigenvalue weighted by Gasteiger charge is 2.38. The third kappa shape index (κ3) is 21.8. The van der Waals surface area contributed by atoms with Crippen molar-refractivity contribution in [3.63, 3.8) is 0 Å². The molecule has 0 aliphatic heterocycles. The Labute approximate surface area is 241 Å². The van der Waals surface area contributed by atoms with Gasteiger partial charge in [-0.05, 0) is 25.7 Å². The lowest BCUT2D eigenvalue weighted by Crippen LogP contribution is -2.48. The summed E-state index contributed by atoms with van der Waals surface area (Å²) in [4.78, 5) is 0. The van der Waals surface area contributed by atoms with E-state index in [0.29, 0.717) is 0 Å². The van der Waals surface area contributed by atoms with Crippen LogP contribution in [0, 0.1) is 0 Å². The van der Waals surface area contributed by atoms with Gasteiger partial charge in [0.05, 0.1) is 26.7 Å². The van der Waals surface area contributed by atoms with E-state index in [9.17, 15) is 0 Å². The second-order valence-corrected chi connectivity index (χ2v) is 15.4. The Bertz CT molecular complexity index is 439. The second kappa shape index (κ2) is 27.2. The van der Waals surface area contributed by atoms with Gasteiger partial charge in [-0.3, -0.25) is 0 Å². The molecule has 0 radical (unpaired) electrons. The lowest BCUT2D eigenvalue weighted by Gasteiger charge is -2.36. The van der Waals surface area contributed by atoms with Crippen LogP contribution in [0.25, 0.3) is 0 Å². The van der Waals surface area contributed by atoms with Crippen LogP contribution in [0.1, 0.15) is 162 Å². The Morgan fingerprint density at radius 2 is 0.658 bits per heavy atom. The van der Waals surface area contributed by atoms with Crippen LogP contribution in [0.4, 0.5) is 0 Å². The summed E-state index contributed by atoms with van der Waals surface area (Å²) in [5.41, 5.74) is 0. The molecule has 0 fully saturated rings. The van der Waals surface area contributed by atoms with Gasteiger partial charge >= 0.3 is 8.80 Å². The van der Waals surface area contributed by atoms with Crippen molar-refractivity contribution in [2.24, 2.45) is 0 Å². The summed E-state index contributed by atoms with van der Waals surface area (Å²) in [7, 11) is 5.26. The first-order valence-electron chi connectivity index (χ1n) is 17.0. The predicted molar refractivity (Wildman–Crippen MR) is 170 cm³/mol. The monoisotopic (exact) mass is 559 g/mol. The van der Waals surface area contributed by atoms with E-state index >= 15 is 0 Å². The van der Waals surface area contributed by atoms with Crippen molar-refractivity contribution in [3.8, 4) is 0 Å². The molecule has 0 unspecified atom stereocenters. The fraction of sp³-hybridized carbons (Fsp3) is 1.00. The summed E-state index contributed by atoms with van der Waals surface area (Å²) < 4.78 is 18.3. The largest absolute Gasteiger partial charge is 0.500 e. The second-order valence-electron chi connectivity index (χ2n) is 12.3. The molecule has 0 aromatic heterocycles. The minimum Gasteiger partial charge on any atom is -0.377 e. The Kier molecular flexibility index (Phi) is 27.3. The molecule has 0 amide bonds. The highest BCUT2D eigenvalue weighted by atomic mass is 28.4. The smallest absolute Gasteiger partial charge is 0.377 e. The molecule has 0 aromatic carbocycles. The predicted octanol–water partition coefficient (Wildman–Crippen LogP) is 10.3. The van der Waals surface area contributed by atoms with Crippen molar-refractivity contribution in [1.29, 1.82) is 0 Å². The van der Waals surface area contributed by atoms with Crippen LogP contribution in [0.5, 0.6) is 0 Å². The number of unbranched alkanes of at least 4 members (excludes halogenated alkanes) is 20. The number of rotatable bonds is 31. The number of hydrogen-bond donors (Lipinski definition) is 0. The van der Waals surface area contributed by atoms with Crippen LogP contribution < -0.4 is 0 Å². The third-order valence-electron chi connectivity index (χ3n) is 8.72. The van der Waals surface area contributed by atoms with E-state index in [1.54, 1.807) is 21.3 Å². The molecule has 0 aromatic rings. The summed E-state index contributed by atoms with van der Waals surface area (Å²) in [5.74, 6) is 0. The minimum atomic E-state index is -2.46. The normalized spacial score (nSPS) is 12.5. The first-order chi connectivity index (χ1) is 18.5. The van der Waals surface area contributed by atoms with Gasteiger partial charge in [-0.25, -0.2) is 0 Å². The van der Waals surface area contributed by atoms with Gasteiger partial charge in [0.2, 0.25) is 0 Å². The van der Waals surface area contributed by atoms with E-state index in [1.165, 1.54) is 165 Å². The maximum Gasteiger partial charge on any atom is 0.500 e. The van der Waals surface area contributed by atoms with E-state index < -0.39 is 8.80 Å². The first kappa shape index (κ1) is 38.1. The van der Waals surface area contributed by atoms with Gasteiger partial charge in [0.1, 0.15) is 0 Å². The highest BCUT2D eigenvalue weighted by Crippen LogP contribution is 2.20. The molecule has 0 heterocycles. The molecule has 0 aliphatic carbocycles. The lowest BCUT2D eigenvalue weighted by atomic mass is 10.0. The van der Waals surface area contributed by atoms with Crippen molar-refractivity contribution in [3.05, 3.63) is 0 Å². The van der Waals surface area contributed by atoms with Crippen molar-refractivity contribution in [2.75, 3.05) is 48.0 Å². The Morgan fingerprint density at radius 3 is 0.947 bits per heavy atom. The van der Waals surface area contributed by atoms with Gasteiger partial charge in [-0.1, -0.05) is 129 Å². The molecule has 0 N–H and O–H groups in total. The zero-order valence-corrected chi connectivity index (χ0v) is 28.3. The molecule has 0 spiro atoms. The molecule has 4 nitrogen and oxygen atoms in total. The van der Waals surface area contributed by atoms with Gasteiger partial charge in [-0.15, -0.1) is 0 Å². The zero-order valence-electron chi connectivity index (χ0n) is 27.3. The summed E-state index contributed by atoms with van der Waals surface area (Å²) in [5, 5.41) is 0. The van der Waals surface area contributed by atoms with Crippen LogP contribution >= 0.6 is 0 Å². The first-order valence-corrected chi connectivity index (χ1v) is 18.9. The summed E-state index contributed by atoms with van der Waals surface area (Å²) in [6.07, 6.45) is 32.3. The molecule has 0 rings (SSSR count). The summed E-state index contributed by atoms with van der Waals surface area (Å²) in [6.45, 7) is 8.44. The summed E-state index contributed by atoms with van der Waals surface area (Å²) in [6, 6.07) is 0.918. The van der Waals surface area contributed by atoms with Crippen LogP contribution in [0.3, 0.4) is 0 Å². The molecule has 0 aliphatic rings. The SMILES string of the molecule is CCCCCCCCCCCCC[N+](C)(CCCCCCCCCCCCC)CCC[Si](OC)(OC)OC. The van der Waals surface area contributed by atoms with E-state index in [4.69, 9.17) is 13.3 Å². The van der Waals surface area contributed by atoms with Crippen LogP contribution in [0.15, 0.2) is 0 Å². The molecular formula is C33H72NO3Si+. The van der Waals surface area contributed by atoms with Gasteiger partial charge in [-0.2, -0.15) is 0 Å². The molecule has 0 saturated heterocycles. The fourth-order valence-corrected chi connectivity index (χ4v) is 7.59. The maximum absolute atomic E-state index is 5.68. The van der Waals surface area contributed by atoms with E-state index in [-0.39, 0.29) is 0 Å². The zero-order chi connectivity index (χ0) is 28.2. The van der Waals surface area contributed by atoms with Crippen LogP contribution in [0.2, 0.25) is 6.04 Å². The van der Waals surface area contributed by atoms with Crippen LogP contribution in [-0.4, -0.2) is 61.3 Å². The third-order valence-corrected chi connectivity index (χ3v) is 11.5. The standard InChI is InChI=1S/C33H72NO3Si/c1-7-9-11-13-15-17-19-21-23-25-27-30-34(3,32-29-33-38(35-4,36-5)37-6)31-28-26-24-22-20-18-16-14-12-10-8-2/h7-33H2,1-6H3/q+1. The van der Waals surface area contributed by atoms with Gasteiger partial charge in [0.15, 0.2) is 0 Å². The average molecular weight is 559 g/mol. The molecule has 0 saturated carbocycles. The van der Waals surface area contributed by atoms with Crippen LogP contribution in [-0.2, 0) is 13.3 Å². The van der Waals surface area contributed by atoms with Gasteiger partial charge in [0.25, 0.3) is 0 Å². The molecule has 38 heavy (non-hydrogen) atoms. The van der Waals surface area contributed by atoms with E-state index in [2.05, 4.69) is 20.9 Å². The molecule has 0 atom stereocenters. The van der Waals surface area contributed by atoms with Crippen molar-refractivity contribution < 1.29 is 17.8 Å². The highest BCUT2D eigenvalue weighted by molar-refractivity contribution is 6.60. The fourth-order valence-electron chi connectivity index (χ4n) is 5.88. The van der Waals surface area contributed by atoms with E-state index in [1.807, 2.05) is 0 Å². The number of hydrogen-bond acceptors (Lipinski definition) is 3. The van der Waals surface area contributed by atoms with E-state index in [0.717, 1.165) is 12.5 Å².